The Morgan fingerprint density at radius 3 is 2.36 bits per heavy atom. The molecule has 0 radical (unpaired) electrons. The molecule has 0 aromatic rings. The van der Waals surface area contributed by atoms with E-state index in [2.05, 4.69) is 6.58 Å². The van der Waals surface area contributed by atoms with Crippen molar-refractivity contribution in [3.05, 3.63) is 12.7 Å². The molecular weight excluding hydrogens is 164 g/mol. The number of aliphatic carboxylic acids is 1. The van der Waals surface area contributed by atoms with E-state index in [9.17, 15) is 4.79 Å². The van der Waals surface area contributed by atoms with Gasteiger partial charge in [-0.05, 0) is 12.3 Å². The van der Waals surface area contributed by atoms with Crippen LogP contribution in [0.3, 0.4) is 0 Å². The highest BCUT2D eigenvalue weighted by atomic mass is 35.5. The van der Waals surface area contributed by atoms with E-state index in [0.29, 0.717) is 6.42 Å². The van der Waals surface area contributed by atoms with Gasteiger partial charge < -0.3 is 5.11 Å². The number of alkyl halides is 1. The highest BCUT2D eigenvalue weighted by Crippen LogP contribution is 2.29. The molecule has 0 aliphatic heterocycles. The summed E-state index contributed by atoms with van der Waals surface area (Å²) in [5.41, 5.74) is 0. The van der Waals surface area contributed by atoms with Crippen molar-refractivity contribution in [1.29, 1.82) is 0 Å². The molecule has 0 aliphatic rings. The van der Waals surface area contributed by atoms with Crippen LogP contribution in [-0.2, 0) is 4.79 Å². The summed E-state index contributed by atoms with van der Waals surface area (Å²) in [6.07, 6.45) is 1.82. The normalized spacial score (nSPS) is 16.0. The molecule has 1 N–H and O–H groups in total. The molecule has 2 nitrogen and oxygen atoms in total. The Morgan fingerprint density at radius 1 is 1.82 bits per heavy atom. The average Bonchev–Trinajstić information content (AvgIpc) is 1.87. The predicted molar refractivity (Wildman–Crippen MR) is 45.9 cm³/mol. The predicted octanol–water partition coefficient (Wildman–Crippen LogP) is 2.28. The molecule has 0 bridgehead atoms. The van der Waals surface area contributed by atoms with Crippen molar-refractivity contribution in [2.45, 2.75) is 25.1 Å². The minimum atomic E-state index is -1.18. The largest absolute Gasteiger partial charge is 0.480 e. The minimum Gasteiger partial charge on any atom is -0.480 e. The first kappa shape index (κ1) is 10.5. The number of allylic oxidation sites excluding steroid dienone is 1. The van der Waals surface area contributed by atoms with Gasteiger partial charge in [0.2, 0.25) is 0 Å². The minimum absolute atomic E-state index is 0.0975. The Kier molecular flexibility index (Phi) is 3.59. The molecule has 1 unspecified atom stereocenters. The Bertz CT molecular complexity index is 165. The monoisotopic (exact) mass is 176 g/mol. The van der Waals surface area contributed by atoms with Crippen molar-refractivity contribution in [3.63, 3.8) is 0 Å². The Labute approximate surface area is 71.9 Å². The van der Waals surface area contributed by atoms with Gasteiger partial charge >= 0.3 is 5.97 Å². The van der Waals surface area contributed by atoms with Crippen LogP contribution in [0.25, 0.3) is 0 Å². The van der Waals surface area contributed by atoms with E-state index in [0.717, 1.165) is 0 Å². The molecule has 0 aromatic heterocycles. The molecule has 0 spiro atoms. The van der Waals surface area contributed by atoms with Gasteiger partial charge in [-0.1, -0.05) is 19.9 Å². The molecule has 0 aliphatic carbocycles. The Balaban J connectivity index is 4.51. The van der Waals surface area contributed by atoms with Crippen LogP contribution in [0.4, 0.5) is 0 Å². The van der Waals surface area contributed by atoms with Gasteiger partial charge in [0.1, 0.15) is 4.87 Å². The fraction of sp³-hybridized carbons (Fsp3) is 0.625. The van der Waals surface area contributed by atoms with E-state index in [-0.39, 0.29) is 5.92 Å². The van der Waals surface area contributed by atoms with E-state index >= 15 is 0 Å². The van der Waals surface area contributed by atoms with Crippen LogP contribution in [0.1, 0.15) is 20.3 Å². The molecular formula is C8H13ClO2. The van der Waals surface area contributed by atoms with Crippen LogP contribution in [0.2, 0.25) is 0 Å². The van der Waals surface area contributed by atoms with Gasteiger partial charge in [-0.25, -0.2) is 0 Å². The summed E-state index contributed by atoms with van der Waals surface area (Å²) >= 11 is 5.84. The second-order valence-electron chi connectivity index (χ2n) is 2.82. The van der Waals surface area contributed by atoms with Crippen LogP contribution >= 0.6 is 11.6 Å². The number of carbonyl (C=O) groups is 1. The first-order valence-corrected chi connectivity index (χ1v) is 3.86. The summed E-state index contributed by atoms with van der Waals surface area (Å²) in [7, 11) is 0. The van der Waals surface area contributed by atoms with Crippen LogP contribution in [0.15, 0.2) is 12.7 Å². The maximum atomic E-state index is 10.7. The van der Waals surface area contributed by atoms with E-state index < -0.39 is 10.8 Å². The molecule has 0 saturated heterocycles. The SMILES string of the molecule is C=CCC(Cl)(C(=O)O)C(C)C. The smallest absolute Gasteiger partial charge is 0.325 e. The molecule has 0 rings (SSSR count). The van der Waals surface area contributed by atoms with Crippen molar-refractivity contribution in [3.8, 4) is 0 Å². The standard InChI is InChI=1S/C8H13ClO2/c1-4-5-8(9,6(2)3)7(10)11/h4,6H,1,5H2,2-3H3,(H,10,11). The third-order valence-corrected chi connectivity index (χ3v) is 2.46. The van der Waals surface area contributed by atoms with Crippen LogP contribution in [0, 0.1) is 5.92 Å². The molecule has 0 amide bonds. The number of carboxylic acid groups (broad SMARTS) is 1. The summed E-state index contributed by atoms with van der Waals surface area (Å²) in [5, 5.41) is 8.75. The molecule has 3 heteroatoms. The third-order valence-electron chi connectivity index (χ3n) is 1.71. The molecule has 0 saturated carbocycles. The lowest BCUT2D eigenvalue weighted by atomic mass is 9.92. The Morgan fingerprint density at radius 2 is 2.27 bits per heavy atom. The van der Waals surface area contributed by atoms with Crippen molar-refractivity contribution in [2.24, 2.45) is 5.92 Å². The first-order valence-electron chi connectivity index (χ1n) is 3.48. The molecule has 64 valence electrons. The van der Waals surface area contributed by atoms with E-state index in [4.69, 9.17) is 16.7 Å². The van der Waals surface area contributed by atoms with Crippen molar-refractivity contribution < 1.29 is 9.90 Å². The average molecular weight is 177 g/mol. The van der Waals surface area contributed by atoms with Gasteiger partial charge in [0.15, 0.2) is 0 Å². The van der Waals surface area contributed by atoms with Gasteiger partial charge in [-0.15, -0.1) is 18.2 Å². The second-order valence-corrected chi connectivity index (χ2v) is 3.49. The lowest BCUT2D eigenvalue weighted by Crippen LogP contribution is -2.37. The van der Waals surface area contributed by atoms with Crippen molar-refractivity contribution in [1.82, 2.24) is 0 Å². The number of carboxylic acids is 1. The zero-order chi connectivity index (χ0) is 9.07. The molecule has 0 fully saturated rings. The van der Waals surface area contributed by atoms with Gasteiger partial charge in [0.05, 0.1) is 0 Å². The Hall–Kier alpha value is -0.500. The number of hydrogen-bond donors (Lipinski definition) is 1. The maximum absolute atomic E-state index is 10.7. The van der Waals surface area contributed by atoms with Crippen LogP contribution in [-0.4, -0.2) is 16.0 Å². The highest BCUT2D eigenvalue weighted by Gasteiger charge is 2.38. The lowest BCUT2D eigenvalue weighted by Gasteiger charge is -2.24. The molecule has 0 heterocycles. The summed E-state index contributed by atoms with van der Waals surface area (Å²) in [6.45, 7) is 7.03. The molecule has 11 heavy (non-hydrogen) atoms. The number of hydrogen-bond acceptors (Lipinski definition) is 1. The molecule has 1 atom stereocenters. The van der Waals surface area contributed by atoms with E-state index in [1.54, 1.807) is 13.8 Å². The number of rotatable bonds is 4. The van der Waals surface area contributed by atoms with Crippen LogP contribution < -0.4 is 0 Å². The quantitative estimate of drug-likeness (QED) is 0.527. The van der Waals surface area contributed by atoms with Crippen molar-refractivity contribution >= 4 is 17.6 Å². The van der Waals surface area contributed by atoms with Crippen molar-refractivity contribution in [2.75, 3.05) is 0 Å². The zero-order valence-corrected chi connectivity index (χ0v) is 7.56. The fourth-order valence-corrected chi connectivity index (χ4v) is 0.889. The van der Waals surface area contributed by atoms with E-state index in [1.165, 1.54) is 6.08 Å². The van der Waals surface area contributed by atoms with Gasteiger partial charge in [-0.2, -0.15) is 0 Å². The fourth-order valence-electron chi connectivity index (χ4n) is 0.780. The summed E-state index contributed by atoms with van der Waals surface area (Å²) in [4.78, 5) is 9.49. The lowest BCUT2D eigenvalue weighted by molar-refractivity contribution is -0.141. The zero-order valence-electron chi connectivity index (χ0n) is 6.80. The first-order chi connectivity index (χ1) is 4.95. The number of halogens is 1. The van der Waals surface area contributed by atoms with Gasteiger partial charge in [-0.3, -0.25) is 4.79 Å². The third kappa shape index (κ3) is 2.22. The second kappa shape index (κ2) is 3.77. The topological polar surface area (TPSA) is 37.3 Å². The summed E-state index contributed by atoms with van der Waals surface area (Å²) in [6, 6.07) is 0. The van der Waals surface area contributed by atoms with E-state index in [1.807, 2.05) is 0 Å². The molecule has 0 aromatic carbocycles. The summed E-state index contributed by atoms with van der Waals surface area (Å²) < 4.78 is 0. The van der Waals surface area contributed by atoms with Gasteiger partial charge in [0, 0.05) is 0 Å². The van der Waals surface area contributed by atoms with Gasteiger partial charge in [0.25, 0.3) is 0 Å². The highest BCUT2D eigenvalue weighted by molar-refractivity contribution is 6.34. The summed E-state index contributed by atoms with van der Waals surface area (Å²) in [5.74, 6) is -1.08. The van der Waals surface area contributed by atoms with Crippen LogP contribution in [0.5, 0.6) is 0 Å². The maximum Gasteiger partial charge on any atom is 0.325 e.